The average molecular weight is 493 g/mol. The van der Waals surface area contributed by atoms with Crippen LogP contribution in [0.15, 0.2) is 65.1 Å². The lowest BCUT2D eigenvalue weighted by Crippen LogP contribution is -2.39. The molecule has 3 aromatic carbocycles. The Hall–Kier alpha value is -2.44. The minimum absolute atomic E-state index is 0.0576. The second-order valence-corrected chi connectivity index (χ2v) is 8.23. The molecule has 0 saturated heterocycles. The lowest BCUT2D eigenvalue weighted by Gasteiger charge is -2.38. The lowest BCUT2D eigenvalue weighted by molar-refractivity contribution is 0.143. The van der Waals surface area contributed by atoms with Crippen molar-refractivity contribution in [2.24, 2.45) is 0 Å². The molecule has 0 saturated carbocycles. The van der Waals surface area contributed by atoms with Gasteiger partial charge in [0.2, 0.25) is 0 Å². The molecule has 154 valence electrons. The molecule has 0 aromatic heterocycles. The second kappa shape index (κ2) is 8.74. The van der Waals surface area contributed by atoms with E-state index in [2.05, 4.69) is 15.9 Å². The summed E-state index contributed by atoms with van der Waals surface area (Å²) in [4.78, 5) is 14.6. The van der Waals surface area contributed by atoms with Crippen molar-refractivity contribution in [2.45, 2.75) is 25.5 Å². The number of carbonyl (C=O) groups is 1. The van der Waals surface area contributed by atoms with Crippen LogP contribution < -0.4 is 4.90 Å². The summed E-state index contributed by atoms with van der Waals surface area (Å²) in [6, 6.07) is 17.0. The monoisotopic (exact) mass is 491 g/mol. The quantitative estimate of drug-likeness (QED) is 0.362. The van der Waals surface area contributed by atoms with Crippen molar-refractivity contribution in [2.75, 3.05) is 4.90 Å². The summed E-state index contributed by atoms with van der Waals surface area (Å²) < 4.78 is 34.4. The Morgan fingerprint density at radius 1 is 1.13 bits per heavy atom. The lowest BCUT2D eigenvalue weighted by atomic mass is 9.91. The Labute approximate surface area is 186 Å². The van der Waals surface area contributed by atoms with Gasteiger partial charge >= 0.3 is 6.09 Å². The number of amides is 1. The Morgan fingerprint density at radius 2 is 1.83 bits per heavy atom. The predicted octanol–water partition coefficient (Wildman–Crippen LogP) is 7.21. The Kier molecular flexibility index (Phi) is 6.06. The molecular weight excluding hydrogens is 476 g/mol. The highest BCUT2D eigenvalue weighted by molar-refractivity contribution is 9.10. The number of carbonyl (C=O) groups excluding carboxylic acids is 1. The molecule has 1 atom stereocenters. The molecule has 3 nitrogen and oxygen atoms in total. The largest absolute Gasteiger partial charge is 0.444 e. The predicted molar refractivity (Wildman–Crippen MR) is 116 cm³/mol. The van der Waals surface area contributed by atoms with Crippen LogP contribution in [0, 0.1) is 11.6 Å². The fraction of sp³-hybridized carbons (Fsp3) is 0.174. The summed E-state index contributed by atoms with van der Waals surface area (Å²) in [7, 11) is 0. The van der Waals surface area contributed by atoms with Crippen LogP contribution in [0.1, 0.15) is 29.2 Å². The van der Waals surface area contributed by atoms with Crippen molar-refractivity contribution in [3.05, 3.63) is 98.5 Å². The SMILES string of the molecule is O=C(OCc1ccccc1)N1c2c(Br)cc(F)c(F)c2CCC1c1ccccc1Cl. The van der Waals surface area contributed by atoms with E-state index in [1.54, 1.807) is 12.1 Å². The maximum absolute atomic E-state index is 14.6. The molecule has 0 aliphatic carbocycles. The van der Waals surface area contributed by atoms with E-state index in [-0.39, 0.29) is 28.8 Å². The fourth-order valence-electron chi connectivity index (χ4n) is 3.74. The summed E-state index contributed by atoms with van der Waals surface area (Å²) in [5.74, 6) is -1.92. The standard InChI is InChI=1S/C23H17BrClF2NO2/c24-17-12-19(26)21(27)16-10-11-20(15-8-4-5-9-18(15)25)28(22(16)17)23(29)30-13-14-6-2-1-3-7-14/h1-9,12,20H,10-11,13H2. The van der Waals surface area contributed by atoms with Gasteiger partial charge in [0.15, 0.2) is 11.6 Å². The Bertz CT molecular complexity index is 1090. The number of hydrogen-bond acceptors (Lipinski definition) is 2. The van der Waals surface area contributed by atoms with E-state index in [1.165, 1.54) is 4.90 Å². The number of fused-ring (bicyclic) bond motifs is 1. The van der Waals surface area contributed by atoms with Crippen LogP contribution >= 0.6 is 27.5 Å². The number of hydrogen-bond donors (Lipinski definition) is 0. The van der Waals surface area contributed by atoms with Gasteiger partial charge in [0.25, 0.3) is 0 Å². The molecule has 1 unspecified atom stereocenters. The third-order valence-corrected chi connectivity index (χ3v) is 6.08. The second-order valence-electron chi connectivity index (χ2n) is 6.97. The summed E-state index contributed by atoms with van der Waals surface area (Å²) >= 11 is 9.70. The van der Waals surface area contributed by atoms with Gasteiger partial charge in [-0.25, -0.2) is 13.6 Å². The van der Waals surface area contributed by atoms with Gasteiger partial charge in [0, 0.05) is 15.1 Å². The molecule has 4 rings (SSSR count). The number of halogens is 4. The molecule has 1 aliphatic rings. The molecule has 1 amide bonds. The molecule has 0 spiro atoms. The van der Waals surface area contributed by atoms with E-state index in [9.17, 15) is 13.6 Å². The Balaban J connectivity index is 1.76. The van der Waals surface area contributed by atoms with E-state index >= 15 is 0 Å². The van der Waals surface area contributed by atoms with Gasteiger partial charge in [0.05, 0.1) is 11.7 Å². The van der Waals surface area contributed by atoms with Crippen molar-refractivity contribution in [3.63, 3.8) is 0 Å². The van der Waals surface area contributed by atoms with Crippen LogP contribution in [0.3, 0.4) is 0 Å². The molecular formula is C23H17BrClF2NO2. The van der Waals surface area contributed by atoms with Crippen molar-refractivity contribution < 1.29 is 18.3 Å². The van der Waals surface area contributed by atoms with Crippen LogP contribution in [0.5, 0.6) is 0 Å². The topological polar surface area (TPSA) is 29.5 Å². The van der Waals surface area contributed by atoms with Crippen LogP contribution in [0.2, 0.25) is 5.02 Å². The smallest absolute Gasteiger partial charge is 0.415 e. The van der Waals surface area contributed by atoms with Crippen LogP contribution in [-0.4, -0.2) is 6.09 Å². The first-order valence-electron chi connectivity index (χ1n) is 9.38. The van der Waals surface area contributed by atoms with E-state index in [0.29, 0.717) is 11.4 Å². The highest BCUT2D eigenvalue weighted by Crippen LogP contribution is 2.46. The Morgan fingerprint density at radius 3 is 2.57 bits per heavy atom. The molecule has 30 heavy (non-hydrogen) atoms. The normalized spacial score (nSPS) is 15.6. The fourth-order valence-corrected chi connectivity index (χ4v) is 4.63. The van der Waals surface area contributed by atoms with E-state index in [4.69, 9.17) is 16.3 Å². The molecule has 1 heterocycles. The first-order chi connectivity index (χ1) is 14.5. The summed E-state index contributed by atoms with van der Waals surface area (Å²) in [5.41, 5.74) is 1.95. The zero-order valence-corrected chi connectivity index (χ0v) is 18.1. The maximum atomic E-state index is 14.6. The highest BCUT2D eigenvalue weighted by Gasteiger charge is 2.37. The summed E-state index contributed by atoms with van der Waals surface area (Å²) in [6.45, 7) is 0.0576. The third-order valence-electron chi connectivity index (χ3n) is 5.13. The summed E-state index contributed by atoms with van der Waals surface area (Å²) in [5, 5.41) is 0.491. The zero-order chi connectivity index (χ0) is 21.3. The van der Waals surface area contributed by atoms with Crippen LogP contribution in [0.25, 0.3) is 0 Å². The average Bonchev–Trinajstić information content (AvgIpc) is 2.76. The molecule has 0 bridgehead atoms. The molecule has 0 N–H and O–H groups in total. The number of benzene rings is 3. The maximum Gasteiger partial charge on any atom is 0.415 e. The molecule has 7 heteroatoms. The zero-order valence-electron chi connectivity index (χ0n) is 15.7. The van der Waals surface area contributed by atoms with Gasteiger partial charge in [-0.15, -0.1) is 0 Å². The number of ether oxygens (including phenoxy) is 1. The highest BCUT2D eigenvalue weighted by atomic mass is 79.9. The van der Waals surface area contributed by atoms with E-state index < -0.39 is 23.8 Å². The van der Waals surface area contributed by atoms with Gasteiger partial charge in [-0.2, -0.15) is 0 Å². The first kappa shape index (κ1) is 20.8. The van der Waals surface area contributed by atoms with Crippen molar-refractivity contribution in [1.82, 2.24) is 0 Å². The molecule has 0 radical (unpaired) electrons. The van der Waals surface area contributed by atoms with E-state index in [0.717, 1.165) is 17.2 Å². The molecule has 1 aliphatic heterocycles. The van der Waals surface area contributed by atoms with Crippen molar-refractivity contribution in [3.8, 4) is 0 Å². The number of rotatable bonds is 3. The van der Waals surface area contributed by atoms with Gasteiger partial charge in [-0.3, -0.25) is 4.90 Å². The minimum atomic E-state index is -0.963. The van der Waals surface area contributed by atoms with Gasteiger partial charge in [-0.05, 0) is 52.0 Å². The van der Waals surface area contributed by atoms with E-state index in [1.807, 2.05) is 42.5 Å². The minimum Gasteiger partial charge on any atom is -0.444 e. The third kappa shape index (κ3) is 3.94. The van der Waals surface area contributed by atoms with Crippen molar-refractivity contribution >= 4 is 39.3 Å². The van der Waals surface area contributed by atoms with Gasteiger partial charge in [-0.1, -0.05) is 60.1 Å². The van der Waals surface area contributed by atoms with Crippen LogP contribution in [0.4, 0.5) is 19.3 Å². The van der Waals surface area contributed by atoms with Gasteiger partial charge < -0.3 is 4.74 Å². The summed E-state index contributed by atoms with van der Waals surface area (Å²) in [6.07, 6.45) is -0.0173. The van der Waals surface area contributed by atoms with Gasteiger partial charge in [0.1, 0.15) is 6.61 Å². The van der Waals surface area contributed by atoms with Crippen molar-refractivity contribution in [1.29, 1.82) is 0 Å². The number of anilines is 1. The first-order valence-corrected chi connectivity index (χ1v) is 10.5. The molecule has 0 fully saturated rings. The molecule has 3 aromatic rings. The number of nitrogens with zero attached hydrogens (tertiary/aromatic N) is 1. The van der Waals surface area contributed by atoms with Crippen LogP contribution in [-0.2, 0) is 17.8 Å².